The monoisotopic (exact) mass is 323 g/mol. The average molecular weight is 325 g/mol. The van der Waals surface area contributed by atoms with Crippen molar-refractivity contribution in [3.05, 3.63) is 45.5 Å². The highest BCUT2D eigenvalue weighted by molar-refractivity contribution is 9.10. The second-order valence-corrected chi connectivity index (χ2v) is 4.70. The molecule has 0 radical (unpaired) electrons. The lowest BCUT2D eigenvalue weighted by Crippen LogP contribution is -1.96. The standard InChI is InChI=1S/C12H7BrClN3O/c13-7-1-2-8(14)11(5-7)18-12-4-3-9(16)10(6-15)17-12/h1-5H,16H2. The molecule has 0 aliphatic carbocycles. The minimum absolute atomic E-state index is 0.124. The first-order valence-corrected chi connectivity index (χ1v) is 6.07. The minimum atomic E-state index is 0.124. The smallest absolute Gasteiger partial charge is 0.220 e. The second-order valence-electron chi connectivity index (χ2n) is 3.38. The number of ether oxygens (including phenoxy) is 1. The summed E-state index contributed by atoms with van der Waals surface area (Å²) in [5.74, 6) is 0.716. The van der Waals surface area contributed by atoms with Gasteiger partial charge in [0.2, 0.25) is 5.88 Å². The van der Waals surface area contributed by atoms with Gasteiger partial charge in [-0.3, -0.25) is 0 Å². The van der Waals surface area contributed by atoms with Crippen LogP contribution in [-0.2, 0) is 0 Å². The van der Waals surface area contributed by atoms with Crippen molar-refractivity contribution in [1.82, 2.24) is 4.98 Å². The van der Waals surface area contributed by atoms with E-state index < -0.39 is 0 Å². The van der Waals surface area contributed by atoms with Gasteiger partial charge in [0.1, 0.15) is 11.8 Å². The average Bonchev–Trinajstić information content (AvgIpc) is 2.36. The van der Waals surface area contributed by atoms with Crippen LogP contribution in [0, 0.1) is 11.3 Å². The maximum Gasteiger partial charge on any atom is 0.220 e. The highest BCUT2D eigenvalue weighted by Crippen LogP contribution is 2.31. The SMILES string of the molecule is N#Cc1nc(Oc2cc(Br)ccc2Cl)ccc1N. The second kappa shape index (κ2) is 5.25. The normalized spacial score (nSPS) is 9.83. The molecule has 0 atom stereocenters. The first kappa shape index (κ1) is 12.7. The number of nitrogens with two attached hydrogens (primary N) is 1. The molecule has 18 heavy (non-hydrogen) atoms. The highest BCUT2D eigenvalue weighted by atomic mass is 79.9. The first-order chi connectivity index (χ1) is 8.60. The van der Waals surface area contributed by atoms with Gasteiger partial charge in [-0.15, -0.1) is 0 Å². The molecule has 1 aromatic heterocycles. The van der Waals surface area contributed by atoms with Crippen LogP contribution in [0.25, 0.3) is 0 Å². The van der Waals surface area contributed by atoms with E-state index in [0.29, 0.717) is 16.5 Å². The summed E-state index contributed by atoms with van der Waals surface area (Å²) >= 11 is 9.31. The van der Waals surface area contributed by atoms with E-state index in [0.717, 1.165) is 4.47 Å². The van der Waals surface area contributed by atoms with Crippen LogP contribution in [0.15, 0.2) is 34.8 Å². The number of hydrogen-bond acceptors (Lipinski definition) is 4. The van der Waals surface area contributed by atoms with Crippen LogP contribution in [0.4, 0.5) is 5.69 Å². The molecule has 6 heteroatoms. The number of anilines is 1. The van der Waals surface area contributed by atoms with E-state index >= 15 is 0 Å². The Morgan fingerprint density at radius 3 is 2.83 bits per heavy atom. The summed E-state index contributed by atoms with van der Waals surface area (Å²) in [5, 5.41) is 9.28. The van der Waals surface area contributed by atoms with Crippen molar-refractivity contribution in [2.24, 2.45) is 0 Å². The number of aromatic nitrogens is 1. The van der Waals surface area contributed by atoms with E-state index in [1.165, 1.54) is 0 Å². The Balaban J connectivity index is 2.34. The van der Waals surface area contributed by atoms with Gasteiger partial charge in [-0.2, -0.15) is 5.26 Å². The predicted octanol–water partition coefficient (Wildman–Crippen LogP) is 3.74. The number of pyridine rings is 1. The molecular formula is C12H7BrClN3O. The summed E-state index contributed by atoms with van der Waals surface area (Å²) in [5.41, 5.74) is 6.01. The van der Waals surface area contributed by atoms with Gasteiger partial charge in [-0.1, -0.05) is 27.5 Å². The van der Waals surface area contributed by atoms with Gasteiger partial charge >= 0.3 is 0 Å². The molecule has 2 N–H and O–H groups in total. The van der Waals surface area contributed by atoms with Crippen molar-refractivity contribution >= 4 is 33.2 Å². The molecule has 0 unspecified atom stereocenters. The lowest BCUT2D eigenvalue weighted by molar-refractivity contribution is 0.462. The van der Waals surface area contributed by atoms with Crippen LogP contribution < -0.4 is 10.5 Å². The van der Waals surface area contributed by atoms with E-state index in [4.69, 9.17) is 27.3 Å². The van der Waals surface area contributed by atoms with Crippen LogP contribution in [0.1, 0.15) is 5.69 Å². The molecule has 0 saturated carbocycles. The number of nitrogens with zero attached hydrogens (tertiary/aromatic N) is 2. The van der Waals surface area contributed by atoms with Crippen molar-refractivity contribution in [3.8, 4) is 17.7 Å². The number of benzene rings is 1. The van der Waals surface area contributed by atoms with Crippen LogP contribution in [0.2, 0.25) is 5.02 Å². The van der Waals surface area contributed by atoms with E-state index in [2.05, 4.69) is 20.9 Å². The van der Waals surface area contributed by atoms with Crippen molar-refractivity contribution in [2.75, 3.05) is 5.73 Å². The molecule has 2 aromatic rings. The van der Waals surface area contributed by atoms with Gasteiger partial charge in [0.05, 0.1) is 10.7 Å². The third kappa shape index (κ3) is 2.73. The fourth-order valence-electron chi connectivity index (χ4n) is 1.27. The van der Waals surface area contributed by atoms with Crippen molar-refractivity contribution in [1.29, 1.82) is 5.26 Å². The van der Waals surface area contributed by atoms with Gasteiger partial charge in [-0.25, -0.2) is 4.98 Å². The Hall–Kier alpha value is -1.77. The molecule has 4 nitrogen and oxygen atoms in total. The Kier molecular flexibility index (Phi) is 3.70. The molecule has 0 amide bonds. The number of halogens is 2. The first-order valence-electron chi connectivity index (χ1n) is 4.89. The van der Waals surface area contributed by atoms with E-state index in [1.54, 1.807) is 30.3 Å². The van der Waals surface area contributed by atoms with Crippen LogP contribution in [0.5, 0.6) is 11.6 Å². The molecule has 1 aromatic carbocycles. The molecule has 2 rings (SSSR count). The minimum Gasteiger partial charge on any atom is -0.437 e. The summed E-state index contributed by atoms with van der Waals surface area (Å²) in [7, 11) is 0. The Bertz CT molecular complexity index is 640. The summed E-state index contributed by atoms with van der Waals surface area (Å²) < 4.78 is 6.34. The lowest BCUT2D eigenvalue weighted by atomic mass is 10.3. The maximum atomic E-state index is 8.83. The van der Waals surface area contributed by atoms with E-state index in [1.807, 2.05) is 6.07 Å². The zero-order valence-electron chi connectivity index (χ0n) is 9.02. The van der Waals surface area contributed by atoms with Gasteiger partial charge in [0.25, 0.3) is 0 Å². The fraction of sp³-hybridized carbons (Fsp3) is 0. The molecule has 0 aliphatic rings. The quantitative estimate of drug-likeness (QED) is 0.913. The van der Waals surface area contributed by atoms with Gasteiger partial charge in [0, 0.05) is 10.5 Å². The number of nitriles is 1. The Morgan fingerprint density at radius 2 is 2.11 bits per heavy atom. The van der Waals surface area contributed by atoms with E-state index in [-0.39, 0.29) is 11.6 Å². The molecule has 0 spiro atoms. The van der Waals surface area contributed by atoms with Crippen LogP contribution >= 0.6 is 27.5 Å². The fourth-order valence-corrected chi connectivity index (χ4v) is 1.76. The van der Waals surface area contributed by atoms with Crippen LogP contribution in [-0.4, -0.2) is 4.98 Å². The third-order valence-electron chi connectivity index (χ3n) is 2.11. The number of hydrogen-bond donors (Lipinski definition) is 1. The van der Waals surface area contributed by atoms with Crippen molar-refractivity contribution < 1.29 is 4.74 Å². The number of rotatable bonds is 2. The third-order valence-corrected chi connectivity index (χ3v) is 2.92. The topological polar surface area (TPSA) is 71.9 Å². The number of nitrogen functional groups attached to an aromatic ring is 1. The molecule has 0 aliphatic heterocycles. The molecular weight excluding hydrogens is 318 g/mol. The molecule has 0 fully saturated rings. The Labute approximate surface area is 117 Å². The largest absolute Gasteiger partial charge is 0.437 e. The summed E-state index contributed by atoms with van der Waals surface area (Å²) in [6.45, 7) is 0. The zero-order chi connectivity index (χ0) is 13.1. The lowest BCUT2D eigenvalue weighted by Gasteiger charge is -2.07. The van der Waals surface area contributed by atoms with Crippen molar-refractivity contribution in [2.45, 2.75) is 0 Å². The van der Waals surface area contributed by atoms with Gasteiger partial charge in [-0.05, 0) is 24.3 Å². The summed E-state index contributed by atoms with van der Waals surface area (Å²) in [6.07, 6.45) is 0. The Morgan fingerprint density at radius 1 is 1.33 bits per heavy atom. The zero-order valence-corrected chi connectivity index (χ0v) is 11.4. The molecule has 0 bridgehead atoms. The highest BCUT2D eigenvalue weighted by Gasteiger charge is 2.07. The van der Waals surface area contributed by atoms with Crippen LogP contribution in [0.3, 0.4) is 0 Å². The molecule has 90 valence electrons. The van der Waals surface area contributed by atoms with Crippen molar-refractivity contribution in [3.63, 3.8) is 0 Å². The maximum absolute atomic E-state index is 8.83. The predicted molar refractivity (Wildman–Crippen MR) is 72.6 cm³/mol. The summed E-state index contributed by atoms with van der Waals surface area (Å²) in [4.78, 5) is 3.97. The molecule has 1 heterocycles. The van der Waals surface area contributed by atoms with Gasteiger partial charge < -0.3 is 10.5 Å². The molecule has 0 saturated heterocycles. The van der Waals surface area contributed by atoms with Gasteiger partial charge in [0.15, 0.2) is 5.69 Å². The summed E-state index contributed by atoms with van der Waals surface area (Å²) in [6, 6.07) is 10.2. The van der Waals surface area contributed by atoms with E-state index in [9.17, 15) is 0 Å².